The fourth-order valence-corrected chi connectivity index (χ4v) is 3.04. The van der Waals surface area contributed by atoms with Crippen molar-refractivity contribution in [1.29, 1.82) is 0 Å². The van der Waals surface area contributed by atoms with Crippen LogP contribution in [0.5, 0.6) is 11.5 Å². The molecule has 1 amide bonds. The van der Waals surface area contributed by atoms with Crippen molar-refractivity contribution < 1.29 is 19.1 Å². The van der Waals surface area contributed by atoms with E-state index in [1.807, 2.05) is 6.07 Å². The van der Waals surface area contributed by atoms with Gasteiger partial charge < -0.3 is 14.8 Å². The van der Waals surface area contributed by atoms with Crippen molar-refractivity contribution >= 4 is 35.1 Å². The average Bonchev–Trinajstić information content (AvgIpc) is 2.77. The molecule has 0 saturated carbocycles. The summed E-state index contributed by atoms with van der Waals surface area (Å²) in [6.45, 7) is 0. The Morgan fingerprint density at radius 2 is 1.67 bits per heavy atom. The van der Waals surface area contributed by atoms with Gasteiger partial charge in [0, 0.05) is 11.3 Å². The van der Waals surface area contributed by atoms with Crippen LogP contribution in [-0.4, -0.2) is 25.9 Å². The maximum absolute atomic E-state index is 12.5. The topological polar surface area (TPSA) is 64.6 Å². The Labute approximate surface area is 179 Å². The minimum absolute atomic E-state index is 0.179. The standard InChI is InChI=1S/C24H20ClNO4/c1-29-22-13-11-17(15-23(22)30-2)21(27)12-10-16-6-5-7-18(14-16)26-24(28)19-8-3-4-9-20(19)25/h3-15H,1-2H3,(H,26,28)/b12-10+. The summed E-state index contributed by atoms with van der Waals surface area (Å²) in [6, 6.07) is 19.0. The van der Waals surface area contributed by atoms with Gasteiger partial charge in [-0.1, -0.05) is 41.9 Å². The van der Waals surface area contributed by atoms with Crippen LogP contribution in [0.3, 0.4) is 0 Å². The molecule has 0 radical (unpaired) electrons. The highest BCUT2D eigenvalue weighted by atomic mass is 35.5. The molecule has 152 valence electrons. The number of carbonyl (C=O) groups excluding carboxylic acids is 2. The van der Waals surface area contributed by atoms with Crippen molar-refractivity contribution in [3.05, 3.63) is 94.5 Å². The van der Waals surface area contributed by atoms with Crippen LogP contribution in [0.25, 0.3) is 6.08 Å². The van der Waals surface area contributed by atoms with Crippen LogP contribution >= 0.6 is 11.6 Å². The third-order valence-corrected chi connectivity index (χ3v) is 4.69. The van der Waals surface area contributed by atoms with Crippen LogP contribution in [0.15, 0.2) is 72.8 Å². The molecule has 3 rings (SSSR count). The van der Waals surface area contributed by atoms with Crippen LogP contribution in [0.1, 0.15) is 26.3 Å². The second-order valence-electron chi connectivity index (χ2n) is 6.33. The molecule has 3 aromatic carbocycles. The molecule has 0 aliphatic heterocycles. The van der Waals surface area contributed by atoms with Crippen molar-refractivity contribution in [2.75, 3.05) is 19.5 Å². The number of anilines is 1. The maximum atomic E-state index is 12.5. The van der Waals surface area contributed by atoms with Crippen LogP contribution in [-0.2, 0) is 0 Å². The molecule has 0 spiro atoms. The molecule has 5 nitrogen and oxygen atoms in total. The monoisotopic (exact) mass is 421 g/mol. The minimum atomic E-state index is -0.303. The maximum Gasteiger partial charge on any atom is 0.257 e. The molecular weight excluding hydrogens is 402 g/mol. The molecule has 0 aliphatic rings. The van der Waals surface area contributed by atoms with E-state index >= 15 is 0 Å². The SMILES string of the molecule is COc1ccc(C(=O)/C=C/c2cccc(NC(=O)c3ccccc3Cl)c2)cc1OC. The van der Waals surface area contributed by atoms with Gasteiger partial charge in [0.2, 0.25) is 0 Å². The van der Waals surface area contributed by atoms with Gasteiger partial charge in [-0.15, -0.1) is 0 Å². The van der Waals surface area contributed by atoms with Crippen LogP contribution in [0.4, 0.5) is 5.69 Å². The van der Waals surface area contributed by atoms with Gasteiger partial charge in [-0.05, 0) is 54.1 Å². The smallest absolute Gasteiger partial charge is 0.257 e. The van der Waals surface area contributed by atoms with Crippen LogP contribution < -0.4 is 14.8 Å². The number of benzene rings is 3. The Bertz CT molecular complexity index is 1110. The number of ether oxygens (including phenoxy) is 2. The fraction of sp³-hybridized carbons (Fsp3) is 0.0833. The van der Waals surface area contributed by atoms with Gasteiger partial charge in [0.1, 0.15) is 0 Å². The second-order valence-corrected chi connectivity index (χ2v) is 6.73. The Morgan fingerprint density at radius 1 is 0.900 bits per heavy atom. The molecule has 0 fully saturated rings. The Morgan fingerprint density at radius 3 is 2.40 bits per heavy atom. The molecular formula is C24H20ClNO4. The molecule has 0 unspecified atom stereocenters. The normalized spacial score (nSPS) is 10.6. The van der Waals surface area contributed by atoms with Gasteiger partial charge in [0.05, 0.1) is 24.8 Å². The lowest BCUT2D eigenvalue weighted by Gasteiger charge is -2.08. The van der Waals surface area contributed by atoms with Crippen LogP contribution in [0, 0.1) is 0 Å². The van der Waals surface area contributed by atoms with Crippen LogP contribution in [0.2, 0.25) is 5.02 Å². The molecule has 0 saturated heterocycles. The summed E-state index contributed by atoms with van der Waals surface area (Å²) in [7, 11) is 3.06. The van der Waals surface area contributed by atoms with E-state index in [4.69, 9.17) is 21.1 Å². The molecule has 3 aromatic rings. The molecule has 0 atom stereocenters. The predicted octanol–water partition coefficient (Wildman–Crippen LogP) is 5.51. The highest BCUT2D eigenvalue weighted by Gasteiger charge is 2.10. The first kappa shape index (κ1) is 21.1. The number of nitrogens with one attached hydrogen (secondary N) is 1. The summed E-state index contributed by atoms with van der Waals surface area (Å²) in [5, 5.41) is 3.19. The summed E-state index contributed by atoms with van der Waals surface area (Å²) >= 11 is 6.07. The van der Waals surface area contributed by atoms with Crippen molar-refractivity contribution in [1.82, 2.24) is 0 Å². The quantitative estimate of drug-likeness (QED) is 0.403. The first-order chi connectivity index (χ1) is 14.5. The summed E-state index contributed by atoms with van der Waals surface area (Å²) in [5.41, 5.74) is 2.23. The fourth-order valence-electron chi connectivity index (χ4n) is 2.82. The van der Waals surface area contributed by atoms with Gasteiger partial charge in [-0.2, -0.15) is 0 Å². The third-order valence-electron chi connectivity index (χ3n) is 4.36. The number of allylic oxidation sites excluding steroid dienone is 1. The number of ketones is 1. The highest BCUT2D eigenvalue weighted by molar-refractivity contribution is 6.34. The lowest BCUT2D eigenvalue weighted by molar-refractivity contribution is 0.102. The average molecular weight is 422 g/mol. The molecule has 0 heterocycles. The Kier molecular flexibility index (Phi) is 6.88. The number of rotatable bonds is 7. The van der Waals surface area contributed by atoms with Gasteiger partial charge in [0.25, 0.3) is 5.91 Å². The number of carbonyl (C=O) groups is 2. The van der Waals surface area contributed by atoms with E-state index in [9.17, 15) is 9.59 Å². The summed E-state index contributed by atoms with van der Waals surface area (Å²) < 4.78 is 10.4. The van der Waals surface area contributed by atoms with Gasteiger partial charge >= 0.3 is 0 Å². The first-order valence-corrected chi connectivity index (χ1v) is 9.50. The number of halogens is 1. The van der Waals surface area contributed by atoms with Gasteiger partial charge in [-0.25, -0.2) is 0 Å². The van der Waals surface area contributed by atoms with E-state index in [2.05, 4.69) is 5.32 Å². The van der Waals surface area contributed by atoms with Crippen molar-refractivity contribution in [3.8, 4) is 11.5 Å². The van der Waals surface area contributed by atoms with Gasteiger partial charge in [-0.3, -0.25) is 9.59 Å². The first-order valence-electron chi connectivity index (χ1n) is 9.12. The number of amides is 1. The van der Waals surface area contributed by atoms with Gasteiger partial charge in [0.15, 0.2) is 17.3 Å². The third kappa shape index (κ3) is 5.07. The molecule has 30 heavy (non-hydrogen) atoms. The van der Waals surface area contributed by atoms with E-state index in [0.717, 1.165) is 5.56 Å². The largest absolute Gasteiger partial charge is 0.493 e. The zero-order valence-electron chi connectivity index (χ0n) is 16.5. The molecule has 0 bridgehead atoms. The highest BCUT2D eigenvalue weighted by Crippen LogP contribution is 2.28. The van der Waals surface area contributed by atoms with Crippen molar-refractivity contribution in [3.63, 3.8) is 0 Å². The molecule has 6 heteroatoms. The molecule has 0 aromatic heterocycles. The molecule has 0 aliphatic carbocycles. The summed E-state index contributed by atoms with van der Waals surface area (Å²) in [5.74, 6) is 0.561. The summed E-state index contributed by atoms with van der Waals surface area (Å²) in [6.07, 6.45) is 3.15. The zero-order valence-corrected chi connectivity index (χ0v) is 17.3. The van der Waals surface area contributed by atoms with Crippen molar-refractivity contribution in [2.24, 2.45) is 0 Å². The second kappa shape index (κ2) is 9.76. The molecule has 1 N–H and O–H groups in total. The predicted molar refractivity (Wildman–Crippen MR) is 119 cm³/mol. The van der Waals surface area contributed by atoms with E-state index < -0.39 is 0 Å². The minimum Gasteiger partial charge on any atom is -0.493 e. The van der Waals surface area contributed by atoms with E-state index in [0.29, 0.717) is 33.3 Å². The lowest BCUT2D eigenvalue weighted by atomic mass is 10.1. The number of hydrogen-bond acceptors (Lipinski definition) is 4. The lowest BCUT2D eigenvalue weighted by Crippen LogP contribution is -2.12. The zero-order chi connectivity index (χ0) is 21.5. The summed E-state index contributed by atoms with van der Waals surface area (Å²) in [4.78, 5) is 24.9. The number of methoxy groups -OCH3 is 2. The Balaban J connectivity index is 1.73. The van der Waals surface area contributed by atoms with E-state index in [-0.39, 0.29) is 11.7 Å². The number of hydrogen-bond donors (Lipinski definition) is 1. The Hall–Kier alpha value is -3.57. The van der Waals surface area contributed by atoms with E-state index in [1.54, 1.807) is 66.7 Å². The van der Waals surface area contributed by atoms with E-state index in [1.165, 1.54) is 20.3 Å². The van der Waals surface area contributed by atoms with Crippen molar-refractivity contribution in [2.45, 2.75) is 0 Å².